The molecule has 1 N–H and O–H groups in total. The van der Waals surface area contributed by atoms with Crippen LogP contribution in [-0.4, -0.2) is 23.3 Å². The van der Waals surface area contributed by atoms with Gasteiger partial charge in [0.15, 0.2) is 0 Å². The molecule has 0 saturated carbocycles. The van der Waals surface area contributed by atoms with Gasteiger partial charge < -0.3 is 10.1 Å². The summed E-state index contributed by atoms with van der Waals surface area (Å²) < 4.78 is 5.53. The van der Waals surface area contributed by atoms with Crippen LogP contribution in [-0.2, 0) is 0 Å². The number of amides is 1. The number of nitro groups is 1. The molecule has 7 heteroatoms. The third-order valence-electron chi connectivity index (χ3n) is 3.14. The van der Waals surface area contributed by atoms with Gasteiger partial charge in [0.25, 0.3) is 10.9 Å². The number of aryl methyl sites for hydroxylation is 2. The van der Waals surface area contributed by atoms with Gasteiger partial charge in [0.05, 0.1) is 16.4 Å². The summed E-state index contributed by atoms with van der Waals surface area (Å²) in [5, 5.41) is 13.4. The van der Waals surface area contributed by atoms with E-state index in [1.807, 2.05) is 31.2 Å². The van der Waals surface area contributed by atoms with E-state index < -0.39 is 4.92 Å². The van der Waals surface area contributed by atoms with Crippen LogP contribution in [0.3, 0.4) is 0 Å². The molecule has 0 aromatic heterocycles. The summed E-state index contributed by atoms with van der Waals surface area (Å²) in [6.45, 7) is 4.38. The first-order chi connectivity index (χ1) is 11.5. The van der Waals surface area contributed by atoms with E-state index in [4.69, 9.17) is 4.74 Å². The third kappa shape index (κ3) is 5.27. The molecule has 2 rings (SSSR count). The second kappa shape index (κ2) is 8.35. The number of carbonyl (C=O) groups is 1. The van der Waals surface area contributed by atoms with Crippen molar-refractivity contribution >= 4 is 22.7 Å². The Morgan fingerprint density at radius 2 is 1.96 bits per heavy atom. The van der Waals surface area contributed by atoms with E-state index in [9.17, 15) is 14.9 Å². The van der Waals surface area contributed by atoms with Crippen LogP contribution in [0.1, 0.15) is 11.1 Å². The van der Waals surface area contributed by atoms with Gasteiger partial charge in [-0.25, -0.2) is 0 Å². The molecule has 1 amide bonds. The predicted molar refractivity (Wildman–Crippen MR) is 93.8 cm³/mol. The molecule has 0 spiro atoms. The largest absolute Gasteiger partial charge is 0.492 e. The van der Waals surface area contributed by atoms with Gasteiger partial charge in [0.1, 0.15) is 12.4 Å². The quantitative estimate of drug-likeness (QED) is 0.369. The zero-order valence-electron chi connectivity index (χ0n) is 13.4. The van der Waals surface area contributed by atoms with E-state index >= 15 is 0 Å². The normalized spacial score (nSPS) is 10.2. The van der Waals surface area contributed by atoms with Crippen LogP contribution in [0.4, 0.5) is 10.5 Å². The lowest BCUT2D eigenvalue weighted by Gasteiger charge is -2.08. The first-order valence-electron chi connectivity index (χ1n) is 7.36. The number of hydrogen-bond acceptors (Lipinski definition) is 5. The van der Waals surface area contributed by atoms with Gasteiger partial charge in [-0.05, 0) is 54.9 Å². The minimum absolute atomic E-state index is 0.0637. The van der Waals surface area contributed by atoms with Gasteiger partial charge in [-0.2, -0.15) is 0 Å². The maximum atomic E-state index is 11.9. The molecule has 0 fully saturated rings. The second-order valence-electron chi connectivity index (χ2n) is 5.21. The molecule has 2 aromatic carbocycles. The monoisotopic (exact) mass is 346 g/mol. The number of rotatable bonds is 6. The summed E-state index contributed by atoms with van der Waals surface area (Å²) >= 11 is 0.809. The standard InChI is InChI=1S/C17H18N2O4S/c1-12-4-3-5-14(10-12)23-9-8-18-17(20)24-16-7-6-13(2)11-15(16)19(21)22/h3-7,10-11H,8-9H2,1-2H3,(H,18,20). The lowest BCUT2D eigenvalue weighted by Crippen LogP contribution is -2.24. The van der Waals surface area contributed by atoms with E-state index in [0.717, 1.165) is 28.6 Å². The molecule has 0 aliphatic carbocycles. The Morgan fingerprint density at radius 3 is 2.67 bits per heavy atom. The van der Waals surface area contributed by atoms with E-state index in [1.54, 1.807) is 19.1 Å². The number of carbonyl (C=O) groups excluding carboxylic acids is 1. The van der Waals surface area contributed by atoms with Crippen molar-refractivity contribution < 1.29 is 14.5 Å². The van der Waals surface area contributed by atoms with Gasteiger partial charge in [-0.1, -0.05) is 18.2 Å². The molecule has 126 valence electrons. The van der Waals surface area contributed by atoms with Crippen molar-refractivity contribution in [2.45, 2.75) is 18.7 Å². The Hall–Kier alpha value is -2.54. The van der Waals surface area contributed by atoms with Gasteiger partial charge >= 0.3 is 0 Å². The van der Waals surface area contributed by atoms with E-state index in [1.165, 1.54) is 6.07 Å². The fourth-order valence-corrected chi connectivity index (χ4v) is 2.77. The smallest absolute Gasteiger partial charge is 0.284 e. The van der Waals surface area contributed by atoms with Crippen LogP contribution in [0.15, 0.2) is 47.4 Å². The van der Waals surface area contributed by atoms with Crippen molar-refractivity contribution in [1.29, 1.82) is 0 Å². The number of thioether (sulfide) groups is 1. The number of hydrogen-bond donors (Lipinski definition) is 1. The minimum atomic E-state index is -0.483. The van der Waals surface area contributed by atoms with Gasteiger partial charge in [0, 0.05) is 6.07 Å². The molecule has 0 aliphatic rings. The van der Waals surface area contributed by atoms with Crippen molar-refractivity contribution in [3.8, 4) is 5.75 Å². The average Bonchev–Trinajstić information content (AvgIpc) is 2.53. The Labute approximate surface area is 144 Å². The van der Waals surface area contributed by atoms with E-state index in [-0.39, 0.29) is 10.9 Å². The lowest BCUT2D eigenvalue weighted by atomic mass is 10.2. The van der Waals surface area contributed by atoms with Crippen molar-refractivity contribution in [1.82, 2.24) is 5.32 Å². The molecular formula is C17H18N2O4S. The molecule has 0 bridgehead atoms. The van der Waals surface area contributed by atoms with Crippen LogP contribution in [0.2, 0.25) is 0 Å². The molecule has 24 heavy (non-hydrogen) atoms. The second-order valence-corrected chi connectivity index (χ2v) is 6.22. The highest BCUT2D eigenvalue weighted by atomic mass is 32.2. The highest BCUT2D eigenvalue weighted by molar-refractivity contribution is 8.13. The summed E-state index contributed by atoms with van der Waals surface area (Å²) in [5.41, 5.74) is 1.81. The molecule has 0 saturated heterocycles. The summed E-state index contributed by atoms with van der Waals surface area (Å²) in [7, 11) is 0. The Balaban J connectivity index is 1.82. The lowest BCUT2D eigenvalue weighted by molar-refractivity contribution is -0.387. The van der Waals surface area contributed by atoms with Crippen molar-refractivity contribution in [3.05, 3.63) is 63.7 Å². The number of nitro benzene ring substituents is 1. The molecule has 0 heterocycles. The average molecular weight is 346 g/mol. The number of nitrogens with one attached hydrogen (secondary N) is 1. The maximum absolute atomic E-state index is 11.9. The molecule has 0 radical (unpaired) electrons. The highest BCUT2D eigenvalue weighted by Gasteiger charge is 2.17. The Kier molecular flexibility index (Phi) is 6.20. The number of ether oxygens (including phenoxy) is 1. The van der Waals surface area contributed by atoms with Crippen LogP contribution >= 0.6 is 11.8 Å². The predicted octanol–water partition coefficient (Wildman–Crippen LogP) is 4.09. The summed E-state index contributed by atoms with van der Waals surface area (Å²) in [5.74, 6) is 0.742. The Bertz CT molecular complexity index is 749. The third-order valence-corrected chi connectivity index (χ3v) is 4.04. The van der Waals surface area contributed by atoms with Gasteiger partial charge in [0.2, 0.25) is 0 Å². The maximum Gasteiger partial charge on any atom is 0.284 e. The molecule has 0 atom stereocenters. The fraction of sp³-hybridized carbons (Fsp3) is 0.235. The number of benzene rings is 2. The van der Waals surface area contributed by atoms with Crippen molar-refractivity contribution in [2.24, 2.45) is 0 Å². The van der Waals surface area contributed by atoms with Crippen LogP contribution in [0.25, 0.3) is 0 Å². The zero-order valence-corrected chi connectivity index (χ0v) is 14.3. The van der Waals surface area contributed by atoms with Gasteiger partial charge in [-0.15, -0.1) is 0 Å². The number of nitrogens with zero attached hydrogens (tertiary/aromatic N) is 1. The molecule has 0 unspecified atom stereocenters. The van der Waals surface area contributed by atoms with E-state index in [2.05, 4.69) is 5.32 Å². The van der Waals surface area contributed by atoms with Crippen LogP contribution in [0.5, 0.6) is 5.75 Å². The summed E-state index contributed by atoms with van der Waals surface area (Å²) in [6, 6.07) is 12.4. The molecular weight excluding hydrogens is 328 g/mol. The van der Waals surface area contributed by atoms with Crippen LogP contribution in [0, 0.1) is 24.0 Å². The molecule has 2 aromatic rings. The van der Waals surface area contributed by atoms with Crippen molar-refractivity contribution in [2.75, 3.05) is 13.2 Å². The Morgan fingerprint density at radius 1 is 1.21 bits per heavy atom. The highest BCUT2D eigenvalue weighted by Crippen LogP contribution is 2.30. The topological polar surface area (TPSA) is 81.5 Å². The first kappa shape index (κ1) is 17.8. The van der Waals surface area contributed by atoms with E-state index in [0.29, 0.717) is 18.0 Å². The molecule has 6 nitrogen and oxygen atoms in total. The SMILES string of the molecule is Cc1cccc(OCCNC(=O)Sc2ccc(C)cc2[N+](=O)[O-])c1. The van der Waals surface area contributed by atoms with Crippen LogP contribution < -0.4 is 10.1 Å². The first-order valence-corrected chi connectivity index (χ1v) is 8.17. The van der Waals surface area contributed by atoms with Gasteiger partial charge in [-0.3, -0.25) is 14.9 Å². The fourth-order valence-electron chi connectivity index (χ4n) is 2.02. The minimum Gasteiger partial charge on any atom is -0.492 e. The van der Waals surface area contributed by atoms with Crippen molar-refractivity contribution in [3.63, 3.8) is 0 Å². The molecule has 0 aliphatic heterocycles. The summed E-state index contributed by atoms with van der Waals surface area (Å²) in [4.78, 5) is 22.8. The summed E-state index contributed by atoms with van der Waals surface area (Å²) in [6.07, 6.45) is 0. The zero-order chi connectivity index (χ0) is 17.5.